The zero-order valence-corrected chi connectivity index (χ0v) is 13.9. The van der Waals surface area contributed by atoms with E-state index < -0.39 is 23.2 Å². The molecule has 0 spiro atoms. The third-order valence-electron chi connectivity index (χ3n) is 3.72. The number of carbonyl (C=O) groups is 3. The van der Waals surface area contributed by atoms with Crippen LogP contribution in [0, 0.1) is 0 Å². The number of aromatic amines is 1. The van der Waals surface area contributed by atoms with Gasteiger partial charge in [0, 0.05) is 21.8 Å². The number of nitrogens with two attached hydrogens (primary N) is 1. The number of aromatic nitrogens is 2. The van der Waals surface area contributed by atoms with Crippen LogP contribution in [0.4, 0.5) is 5.69 Å². The Bertz CT molecular complexity index is 1030. The Morgan fingerprint density at radius 2 is 1.73 bits per heavy atom. The first-order valence-corrected chi connectivity index (χ1v) is 7.79. The lowest BCUT2D eigenvalue weighted by atomic mass is 9.96. The Hall–Kier alpha value is -3.45. The molecular weight excluding hydrogens is 358 g/mol. The predicted octanol–water partition coefficient (Wildman–Crippen LogP) is 2.81. The molecule has 0 bridgehead atoms. The first kappa shape index (κ1) is 17.4. The molecule has 7 nitrogen and oxygen atoms in total. The van der Waals surface area contributed by atoms with E-state index in [0.29, 0.717) is 5.02 Å². The van der Waals surface area contributed by atoms with Crippen LogP contribution in [-0.2, 0) is 0 Å². The molecule has 0 fully saturated rings. The number of H-pyrrole nitrogens is 1. The van der Waals surface area contributed by atoms with Gasteiger partial charge in [0.2, 0.25) is 5.78 Å². The number of ketones is 2. The second-order valence-corrected chi connectivity index (χ2v) is 5.82. The minimum absolute atomic E-state index is 0.0282. The van der Waals surface area contributed by atoms with Crippen molar-refractivity contribution in [3.8, 4) is 0 Å². The number of rotatable bonds is 5. The summed E-state index contributed by atoms with van der Waals surface area (Å²) in [6, 6.07) is 12.3. The number of nitrogens with zero attached hydrogens (tertiary/aromatic N) is 1. The van der Waals surface area contributed by atoms with Gasteiger partial charge in [-0.15, -0.1) is 0 Å². The van der Waals surface area contributed by atoms with E-state index in [2.05, 4.69) is 10.2 Å². The van der Waals surface area contributed by atoms with Crippen molar-refractivity contribution in [2.75, 3.05) is 5.73 Å². The highest BCUT2D eigenvalue weighted by Gasteiger charge is 2.30. The molecule has 0 saturated carbocycles. The topological polar surface area (TPSA) is 126 Å². The number of carboxylic acid groups (broad SMARTS) is 1. The highest BCUT2D eigenvalue weighted by molar-refractivity contribution is 6.31. The van der Waals surface area contributed by atoms with Crippen LogP contribution in [0.5, 0.6) is 0 Å². The first-order valence-electron chi connectivity index (χ1n) is 7.41. The molecule has 0 radical (unpaired) electrons. The number of anilines is 1. The van der Waals surface area contributed by atoms with Gasteiger partial charge in [0.05, 0.1) is 5.56 Å². The van der Waals surface area contributed by atoms with Crippen LogP contribution in [0.15, 0.2) is 48.5 Å². The first-order chi connectivity index (χ1) is 12.4. The molecule has 130 valence electrons. The smallest absolute Gasteiger partial charge is 0.354 e. The van der Waals surface area contributed by atoms with E-state index in [1.807, 2.05) is 0 Å². The summed E-state index contributed by atoms with van der Waals surface area (Å²) >= 11 is 5.83. The van der Waals surface area contributed by atoms with Crippen LogP contribution in [0.25, 0.3) is 0 Å². The molecule has 1 heterocycles. The molecule has 0 atom stereocenters. The van der Waals surface area contributed by atoms with Gasteiger partial charge < -0.3 is 10.8 Å². The van der Waals surface area contributed by atoms with Crippen LogP contribution in [0.3, 0.4) is 0 Å². The Morgan fingerprint density at radius 1 is 1.04 bits per heavy atom. The number of carboxylic acids is 1. The minimum atomic E-state index is -1.42. The van der Waals surface area contributed by atoms with Gasteiger partial charge in [-0.2, -0.15) is 5.10 Å². The lowest BCUT2D eigenvalue weighted by Gasteiger charge is -2.07. The summed E-state index contributed by atoms with van der Waals surface area (Å²) in [5, 5.41) is 15.7. The summed E-state index contributed by atoms with van der Waals surface area (Å²) in [4.78, 5) is 37.1. The Labute approximate surface area is 152 Å². The predicted molar refractivity (Wildman–Crippen MR) is 94.7 cm³/mol. The summed E-state index contributed by atoms with van der Waals surface area (Å²) in [5.41, 5.74) is 5.08. The monoisotopic (exact) mass is 369 g/mol. The SMILES string of the molecule is Nc1cc(Cl)ccc1C(=O)c1c(C(=O)c2ccccc2)n[nH]c1C(=O)O. The van der Waals surface area contributed by atoms with Crippen LogP contribution in [0.2, 0.25) is 5.02 Å². The molecule has 26 heavy (non-hydrogen) atoms. The van der Waals surface area contributed by atoms with Gasteiger partial charge in [0.15, 0.2) is 11.5 Å². The number of carbonyl (C=O) groups excluding carboxylic acids is 2. The van der Waals surface area contributed by atoms with Gasteiger partial charge in [-0.25, -0.2) is 4.79 Å². The normalized spacial score (nSPS) is 10.5. The van der Waals surface area contributed by atoms with E-state index in [1.165, 1.54) is 18.2 Å². The van der Waals surface area contributed by atoms with E-state index in [-0.39, 0.29) is 28.1 Å². The maximum absolute atomic E-state index is 12.9. The largest absolute Gasteiger partial charge is 0.477 e. The fourth-order valence-corrected chi connectivity index (χ4v) is 2.66. The molecule has 4 N–H and O–H groups in total. The Balaban J connectivity index is 2.16. The number of nitrogens with one attached hydrogen (secondary N) is 1. The van der Waals surface area contributed by atoms with Gasteiger partial charge >= 0.3 is 5.97 Å². The van der Waals surface area contributed by atoms with Gasteiger partial charge in [0.1, 0.15) is 5.69 Å². The minimum Gasteiger partial charge on any atom is -0.477 e. The van der Waals surface area contributed by atoms with Crippen LogP contribution in [-0.4, -0.2) is 32.8 Å². The molecule has 3 aromatic rings. The standard InChI is InChI=1S/C18H12ClN3O4/c19-10-6-7-11(12(20)8-10)17(24)13-14(21-22-15(13)18(25)26)16(23)9-4-2-1-3-5-9/h1-8H,20H2,(H,21,22)(H,25,26). The van der Waals surface area contributed by atoms with Gasteiger partial charge in [-0.3, -0.25) is 14.7 Å². The van der Waals surface area contributed by atoms with Crippen molar-refractivity contribution in [2.24, 2.45) is 0 Å². The molecule has 2 aromatic carbocycles. The fourth-order valence-electron chi connectivity index (χ4n) is 2.48. The van der Waals surface area contributed by atoms with Crippen molar-refractivity contribution in [2.45, 2.75) is 0 Å². The number of hydrogen-bond acceptors (Lipinski definition) is 5. The average molecular weight is 370 g/mol. The van der Waals surface area contributed by atoms with Gasteiger partial charge in [-0.05, 0) is 18.2 Å². The number of benzene rings is 2. The number of aromatic carboxylic acids is 1. The number of nitrogen functional groups attached to an aromatic ring is 1. The molecule has 0 aliphatic heterocycles. The summed E-state index contributed by atoms with van der Waals surface area (Å²) < 4.78 is 0. The summed E-state index contributed by atoms with van der Waals surface area (Å²) in [6.45, 7) is 0. The van der Waals surface area contributed by atoms with Crippen molar-refractivity contribution < 1.29 is 19.5 Å². The fraction of sp³-hybridized carbons (Fsp3) is 0. The van der Waals surface area contributed by atoms with E-state index in [9.17, 15) is 19.5 Å². The third kappa shape index (κ3) is 3.07. The summed E-state index contributed by atoms with van der Waals surface area (Å²) in [5.74, 6) is -2.73. The molecule has 0 aliphatic carbocycles. The zero-order chi connectivity index (χ0) is 18.8. The average Bonchev–Trinajstić information content (AvgIpc) is 3.06. The molecule has 0 unspecified atom stereocenters. The number of hydrogen-bond donors (Lipinski definition) is 3. The maximum atomic E-state index is 12.9. The summed E-state index contributed by atoms with van der Waals surface area (Å²) in [7, 11) is 0. The third-order valence-corrected chi connectivity index (χ3v) is 3.95. The number of halogens is 1. The zero-order valence-electron chi connectivity index (χ0n) is 13.2. The van der Waals surface area contributed by atoms with Crippen molar-refractivity contribution >= 4 is 34.8 Å². The van der Waals surface area contributed by atoms with Crippen LogP contribution >= 0.6 is 11.6 Å². The van der Waals surface area contributed by atoms with Crippen molar-refractivity contribution in [1.29, 1.82) is 0 Å². The van der Waals surface area contributed by atoms with Crippen molar-refractivity contribution in [3.05, 3.63) is 81.6 Å². The molecule has 8 heteroatoms. The molecule has 0 aliphatic rings. The molecule has 3 rings (SSSR count). The quantitative estimate of drug-likeness (QED) is 0.469. The lowest BCUT2D eigenvalue weighted by Crippen LogP contribution is -2.15. The maximum Gasteiger partial charge on any atom is 0.354 e. The van der Waals surface area contributed by atoms with Crippen molar-refractivity contribution in [1.82, 2.24) is 10.2 Å². The second-order valence-electron chi connectivity index (χ2n) is 5.38. The lowest BCUT2D eigenvalue weighted by molar-refractivity contribution is 0.0686. The van der Waals surface area contributed by atoms with Crippen LogP contribution < -0.4 is 5.73 Å². The van der Waals surface area contributed by atoms with Crippen molar-refractivity contribution in [3.63, 3.8) is 0 Å². The van der Waals surface area contributed by atoms with E-state index in [0.717, 1.165) is 0 Å². The summed E-state index contributed by atoms with van der Waals surface area (Å²) in [6.07, 6.45) is 0. The Morgan fingerprint density at radius 3 is 2.35 bits per heavy atom. The van der Waals surface area contributed by atoms with E-state index in [1.54, 1.807) is 30.3 Å². The highest BCUT2D eigenvalue weighted by atomic mass is 35.5. The molecular formula is C18H12ClN3O4. The van der Waals surface area contributed by atoms with Crippen LogP contribution in [0.1, 0.15) is 42.5 Å². The second kappa shape index (κ2) is 6.81. The molecule has 0 amide bonds. The highest BCUT2D eigenvalue weighted by Crippen LogP contribution is 2.25. The molecule has 1 aromatic heterocycles. The van der Waals surface area contributed by atoms with E-state index in [4.69, 9.17) is 17.3 Å². The van der Waals surface area contributed by atoms with Gasteiger partial charge in [0.25, 0.3) is 0 Å². The Kier molecular flexibility index (Phi) is 4.55. The van der Waals surface area contributed by atoms with E-state index >= 15 is 0 Å². The molecule has 0 saturated heterocycles. The van der Waals surface area contributed by atoms with Gasteiger partial charge in [-0.1, -0.05) is 41.9 Å².